The van der Waals surface area contributed by atoms with Crippen molar-refractivity contribution in [2.75, 3.05) is 50.5 Å². The van der Waals surface area contributed by atoms with Crippen LogP contribution in [0.1, 0.15) is 40.5 Å². The highest BCUT2D eigenvalue weighted by molar-refractivity contribution is 9.10. The zero-order chi connectivity index (χ0) is 26.3. The predicted octanol–water partition coefficient (Wildman–Crippen LogP) is 3.37. The fourth-order valence-corrected chi connectivity index (χ4v) is 5.72. The van der Waals surface area contributed by atoms with Gasteiger partial charge in [-0.1, -0.05) is 15.9 Å². The molecule has 1 aliphatic carbocycles. The minimum Gasteiger partial charge on any atom is -0.387 e. The number of hydrogen-bond acceptors (Lipinski definition) is 8. The highest BCUT2D eigenvalue weighted by atomic mass is 79.9. The summed E-state index contributed by atoms with van der Waals surface area (Å²) >= 11 is 3.34. The van der Waals surface area contributed by atoms with E-state index in [9.17, 15) is 19.7 Å². The molecule has 1 aromatic heterocycles. The molecule has 1 aromatic carbocycles. The number of halogens is 1. The van der Waals surface area contributed by atoms with Crippen molar-refractivity contribution in [1.29, 1.82) is 0 Å². The molecule has 2 N–H and O–H groups in total. The molecule has 1 unspecified atom stereocenters. The van der Waals surface area contributed by atoms with Crippen molar-refractivity contribution in [3.05, 3.63) is 56.3 Å². The van der Waals surface area contributed by atoms with E-state index in [4.69, 9.17) is 4.74 Å². The van der Waals surface area contributed by atoms with E-state index in [0.717, 1.165) is 18.5 Å². The summed E-state index contributed by atoms with van der Waals surface area (Å²) in [4.78, 5) is 46.1. The van der Waals surface area contributed by atoms with Crippen molar-refractivity contribution in [1.82, 2.24) is 14.8 Å². The van der Waals surface area contributed by atoms with Gasteiger partial charge in [-0.3, -0.25) is 24.7 Å². The maximum atomic E-state index is 13.6. The van der Waals surface area contributed by atoms with Crippen LogP contribution in [0.3, 0.4) is 0 Å². The summed E-state index contributed by atoms with van der Waals surface area (Å²) in [6.07, 6.45) is 4.88. The molecule has 2 atom stereocenters. The highest BCUT2D eigenvalue weighted by Gasteiger charge is 2.56. The summed E-state index contributed by atoms with van der Waals surface area (Å²) in [5.74, 6) is -0.420. The third-order valence-electron chi connectivity index (χ3n) is 7.46. The molecular weight excluding hydrogens is 544 g/mol. The smallest absolute Gasteiger partial charge is 0.294 e. The number of morpholine rings is 1. The Kier molecular flexibility index (Phi) is 6.80. The summed E-state index contributed by atoms with van der Waals surface area (Å²) < 4.78 is 6.02. The molecule has 12 heteroatoms. The lowest BCUT2D eigenvalue weighted by atomic mass is 9.99. The van der Waals surface area contributed by atoms with E-state index in [2.05, 4.69) is 31.5 Å². The van der Waals surface area contributed by atoms with Crippen molar-refractivity contribution in [3.63, 3.8) is 0 Å². The van der Waals surface area contributed by atoms with Crippen LogP contribution in [0, 0.1) is 15.5 Å². The Morgan fingerprint density at radius 1 is 1.19 bits per heavy atom. The second-order valence-corrected chi connectivity index (χ2v) is 10.9. The van der Waals surface area contributed by atoms with Gasteiger partial charge in [0.25, 0.3) is 17.5 Å². The highest BCUT2D eigenvalue weighted by Crippen LogP contribution is 2.54. The lowest BCUT2D eigenvalue weighted by Gasteiger charge is -2.32. The van der Waals surface area contributed by atoms with Crippen LogP contribution >= 0.6 is 15.9 Å². The summed E-state index contributed by atoms with van der Waals surface area (Å²) in [5.41, 5.74) is 1.30. The van der Waals surface area contributed by atoms with E-state index in [0.29, 0.717) is 42.8 Å². The summed E-state index contributed by atoms with van der Waals surface area (Å²) in [6.45, 7) is 4.05. The maximum absolute atomic E-state index is 13.6. The zero-order valence-corrected chi connectivity index (χ0v) is 22.3. The van der Waals surface area contributed by atoms with Crippen LogP contribution in [0.25, 0.3) is 0 Å². The maximum Gasteiger partial charge on any atom is 0.294 e. The van der Waals surface area contributed by atoms with E-state index < -0.39 is 4.92 Å². The first kappa shape index (κ1) is 25.4. The number of carbonyl (C=O) groups is 2. The normalized spacial score (nSPS) is 22.1. The van der Waals surface area contributed by atoms with Crippen LogP contribution in [-0.2, 0) is 4.74 Å². The molecule has 37 heavy (non-hydrogen) atoms. The number of amides is 2. The van der Waals surface area contributed by atoms with Crippen LogP contribution in [0.5, 0.6) is 0 Å². The number of carbonyl (C=O) groups excluding carboxylic acids is 2. The van der Waals surface area contributed by atoms with Crippen LogP contribution < -0.4 is 10.6 Å². The Labute approximate surface area is 222 Å². The number of benzene rings is 1. The Balaban J connectivity index is 1.44. The number of nitrogens with one attached hydrogen (secondary N) is 2. The van der Waals surface area contributed by atoms with Gasteiger partial charge in [0, 0.05) is 61.6 Å². The number of anilines is 2. The van der Waals surface area contributed by atoms with Gasteiger partial charge in [0.1, 0.15) is 5.69 Å². The number of nitrogens with zero attached hydrogens (tertiary/aromatic N) is 4. The number of nitro groups is 1. The van der Waals surface area contributed by atoms with Crippen molar-refractivity contribution < 1.29 is 19.2 Å². The van der Waals surface area contributed by atoms with Crippen molar-refractivity contribution in [2.45, 2.75) is 31.9 Å². The Hall–Kier alpha value is -3.25. The first-order chi connectivity index (χ1) is 17.7. The molecule has 196 valence electrons. The molecular formula is C25H29BrN6O5. The molecule has 3 aliphatic rings. The number of rotatable bonds is 6. The third kappa shape index (κ3) is 4.99. The molecule has 2 aliphatic heterocycles. The van der Waals surface area contributed by atoms with E-state index in [-0.39, 0.29) is 46.3 Å². The molecule has 0 radical (unpaired) electrons. The van der Waals surface area contributed by atoms with Crippen LogP contribution in [0.2, 0.25) is 0 Å². The second-order valence-electron chi connectivity index (χ2n) is 9.99. The molecule has 3 fully saturated rings. The van der Waals surface area contributed by atoms with Crippen LogP contribution in [0.4, 0.5) is 17.1 Å². The summed E-state index contributed by atoms with van der Waals surface area (Å²) in [6, 6.07) is 4.57. The molecule has 1 spiro atoms. The van der Waals surface area contributed by atoms with Gasteiger partial charge >= 0.3 is 0 Å². The Morgan fingerprint density at radius 3 is 2.65 bits per heavy atom. The molecule has 1 saturated carbocycles. The molecule has 2 amide bonds. The predicted molar refractivity (Wildman–Crippen MR) is 141 cm³/mol. The number of likely N-dealkylation sites (tertiary alicyclic amines) is 1. The van der Waals surface area contributed by atoms with Gasteiger partial charge in [-0.2, -0.15) is 0 Å². The number of aromatic nitrogens is 1. The molecule has 11 nitrogen and oxygen atoms in total. The number of pyridine rings is 1. The van der Waals surface area contributed by atoms with Gasteiger partial charge in [-0.15, -0.1) is 0 Å². The minimum absolute atomic E-state index is 0.115. The molecule has 3 heterocycles. The van der Waals surface area contributed by atoms with E-state index in [1.807, 2.05) is 6.92 Å². The van der Waals surface area contributed by atoms with E-state index in [1.165, 1.54) is 6.07 Å². The van der Waals surface area contributed by atoms with Gasteiger partial charge in [0.05, 0.1) is 40.5 Å². The Bertz CT molecular complexity index is 1250. The molecule has 5 rings (SSSR count). The van der Waals surface area contributed by atoms with Crippen LogP contribution in [0.15, 0.2) is 35.1 Å². The SMILES string of the molecule is CNc1cncc(C(=O)N2CC(Nc3c(C(=O)N4CCO[C@@H](C)C4)cc(Br)cc3[N+](=O)[O-])C3(CC3)C2)c1. The van der Waals surface area contributed by atoms with Crippen LogP contribution in [-0.4, -0.2) is 83.5 Å². The molecule has 2 saturated heterocycles. The zero-order valence-electron chi connectivity index (χ0n) is 20.7. The first-order valence-electron chi connectivity index (χ1n) is 12.3. The third-order valence-corrected chi connectivity index (χ3v) is 7.92. The monoisotopic (exact) mass is 572 g/mol. The number of ether oxygens (including phenoxy) is 1. The van der Waals surface area contributed by atoms with Crippen molar-refractivity contribution in [2.24, 2.45) is 5.41 Å². The Morgan fingerprint density at radius 2 is 1.97 bits per heavy atom. The molecule has 2 aromatic rings. The average Bonchev–Trinajstić information content (AvgIpc) is 3.58. The fourth-order valence-electron chi connectivity index (χ4n) is 5.27. The first-order valence-corrected chi connectivity index (χ1v) is 13.1. The van der Waals surface area contributed by atoms with Gasteiger partial charge in [0.15, 0.2) is 0 Å². The fraction of sp³-hybridized carbons (Fsp3) is 0.480. The quantitative estimate of drug-likeness (QED) is 0.398. The lowest BCUT2D eigenvalue weighted by Crippen LogP contribution is -2.45. The van der Waals surface area contributed by atoms with Gasteiger partial charge in [-0.25, -0.2) is 0 Å². The minimum atomic E-state index is -0.474. The average molecular weight is 573 g/mol. The lowest BCUT2D eigenvalue weighted by molar-refractivity contribution is -0.384. The topological polar surface area (TPSA) is 130 Å². The number of hydrogen-bond donors (Lipinski definition) is 2. The van der Waals surface area contributed by atoms with E-state index in [1.54, 1.807) is 41.4 Å². The van der Waals surface area contributed by atoms with Gasteiger partial charge in [0.2, 0.25) is 0 Å². The summed E-state index contributed by atoms with van der Waals surface area (Å²) in [7, 11) is 1.77. The largest absolute Gasteiger partial charge is 0.387 e. The number of nitro benzene ring substituents is 1. The van der Waals surface area contributed by atoms with Crippen molar-refractivity contribution in [3.8, 4) is 0 Å². The van der Waals surface area contributed by atoms with Gasteiger partial charge < -0.3 is 25.2 Å². The standard InChI is InChI=1S/C25H29BrN6O5/c1-15-12-30(5-6-37-15)24(34)19-8-17(26)9-20(32(35)36)22(19)29-21-13-31(14-25(21)3-4-25)23(33)16-7-18(27-2)11-28-10-16/h7-11,15,21,27,29H,3-6,12-14H2,1-2H3/t15-,21?/m0/s1. The van der Waals surface area contributed by atoms with Gasteiger partial charge in [-0.05, 0) is 31.9 Å². The van der Waals surface area contributed by atoms with Crippen molar-refractivity contribution >= 4 is 44.8 Å². The van der Waals surface area contributed by atoms with E-state index >= 15 is 0 Å². The molecule has 0 bridgehead atoms. The summed E-state index contributed by atoms with van der Waals surface area (Å²) in [5, 5.41) is 18.4. The second kappa shape index (κ2) is 9.90.